The molecular weight excluding hydrogens is 268 g/mol. The molecule has 2 unspecified atom stereocenters. The van der Waals surface area contributed by atoms with Crippen LogP contribution < -0.4 is 16.2 Å². The number of nitrogens with two attached hydrogens (primary N) is 1. The van der Waals surface area contributed by atoms with E-state index in [-0.39, 0.29) is 17.1 Å². The second-order valence-corrected chi connectivity index (χ2v) is 6.69. The van der Waals surface area contributed by atoms with Crippen molar-refractivity contribution in [2.24, 2.45) is 11.3 Å². The molecule has 1 heterocycles. The van der Waals surface area contributed by atoms with Crippen molar-refractivity contribution in [3.8, 4) is 5.75 Å². The molecule has 5 nitrogen and oxygen atoms in total. The summed E-state index contributed by atoms with van der Waals surface area (Å²) in [6, 6.07) is 3.99. The number of benzene rings is 1. The van der Waals surface area contributed by atoms with E-state index in [0.29, 0.717) is 18.4 Å². The van der Waals surface area contributed by atoms with E-state index in [4.69, 9.17) is 15.6 Å². The summed E-state index contributed by atoms with van der Waals surface area (Å²) < 4.78 is 0. The standard InChI is InChI=1S/C10H8O3.C6H16N2/c1-5-6-2-3-8-9(5)7(10(6)11)4-12-13-8;1-5(8-7)6(2,3)4/h2-3,7H,4H2,1H3;5,8H,7H2,1-4H3. The quantitative estimate of drug-likeness (QED) is 0.472. The predicted octanol–water partition coefficient (Wildman–Crippen LogP) is 2.48. The summed E-state index contributed by atoms with van der Waals surface area (Å²) in [4.78, 5) is 21.6. The summed E-state index contributed by atoms with van der Waals surface area (Å²) >= 11 is 0. The van der Waals surface area contributed by atoms with Crippen molar-refractivity contribution in [2.45, 2.75) is 46.6 Å². The van der Waals surface area contributed by atoms with Crippen molar-refractivity contribution < 1.29 is 14.6 Å². The highest BCUT2D eigenvalue weighted by molar-refractivity contribution is 6.07. The lowest BCUT2D eigenvalue weighted by molar-refractivity contribution is -0.217. The maximum absolute atomic E-state index is 11.7. The van der Waals surface area contributed by atoms with Crippen molar-refractivity contribution in [2.75, 3.05) is 6.61 Å². The molecule has 5 heteroatoms. The van der Waals surface area contributed by atoms with Crippen LogP contribution in [0.5, 0.6) is 5.75 Å². The first-order valence-corrected chi connectivity index (χ1v) is 7.20. The maximum atomic E-state index is 11.7. The molecule has 1 aliphatic heterocycles. The average Bonchev–Trinajstić information content (AvgIpc) is 2.64. The Labute approximate surface area is 125 Å². The monoisotopic (exact) mass is 292 g/mol. The molecule has 3 rings (SSSR count). The molecule has 1 aliphatic carbocycles. The van der Waals surface area contributed by atoms with Crippen LogP contribution in [0.25, 0.3) is 0 Å². The van der Waals surface area contributed by atoms with Gasteiger partial charge in [0.1, 0.15) is 6.61 Å². The number of hydrogen-bond acceptors (Lipinski definition) is 5. The Kier molecular flexibility index (Phi) is 4.37. The molecule has 2 bridgehead atoms. The molecule has 0 amide bonds. The SMILES string of the molecule is CC(NN)C(C)(C)C.Cc1c2ccc3c1C(COO3)C2=O. The fourth-order valence-corrected chi connectivity index (χ4v) is 2.37. The topological polar surface area (TPSA) is 73.6 Å². The van der Waals surface area contributed by atoms with Gasteiger partial charge < -0.3 is 4.89 Å². The molecule has 0 saturated carbocycles. The van der Waals surface area contributed by atoms with Crippen LogP contribution in [0.2, 0.25) is 0 Å². The molecular formula is C16H24N2O3. The molecule has 0 fully saturated rings. The molecule has 21 heavy (non-hydrogen) atoms. The van der Waals surface area contributed by atoms with Gasteiger partial charge in [0.15, 0.2) is 11.5 Å². The Morgan fingerprint density at radius 1 is 1.38 bits per heavy atom. The highest BCUT2D eigenvalue weighted by Crippen LogP contribution is 2.43. The van der Waals surface area contributed by atoms with E-state index in [1.54, 1.807) is 6.07 Å². The van der Waals surface area contributed by atoms with E-state index in [9.17, 15) is 4.79 Å². The van der Waals surface area contributed by atoms with E-state index in [0.717, 1.165) is 16.7 Å². The van der Waals surface area contributed by atoms with Gasteiger partial charge in [-0.05, 0) is 37.0 Å². The molecule has 0 spiro atoms. The highest BCUT2D eigenvalue weighted by atomic mass is 17.2. The molecule has 1 aromatic carbocycles. The lowest BCUT2D eigenvalue weighted by atomic mass is 9.89. The van der Waals surface area contributed by atoms with Crippen molar-refractivity contribution in [1.82, 2.24) is 5.43 Å². The van der Waals surface area contributed by atoms with Crippen molar-refractivity contribution >= 4 is 5.78 Å². The molecule has 2 atom stereocenters. The minimum Gasteiger partial charge on any atom is -0.337 e. The van der Waals surface area contributed by atoms with Gasteiger partial charge in [-0.25, -0.2) is 0 Å². The third-order valence-corrected chi connectivity index (χ3v) is 4.34. The first kappa shape index (κ1) is 15.9. The highest BCUT2D eigenvalue weighted by Gasteiger charge is 2.38. The van der Waals surface area contributed by atoms with E-state index >= 15 is 0 Å². The van der Waals surface area contributed by atoms with Gasteiger partial charge in [-0.3, -0.25) is 16.1 Å². The number of ketones is 1. The number of carbonyl (C=O) groups excluding carboxylic acids is 1. The van der Waals surface area contributed by atoms with Gasteiger partial charge in [0.2, 0.25) is 0 Å². The summed E-state index contributed by atoms with van der Waals surface area (Å²) in [5.41, 5.74) is 5.87. The maximum Gasteiger partial charge on any atom is 0.173 e. The Bertz CT molecular complexity index is 549. The van der Waals surface area contributed by atoms with E-state index in [1.807, 2.05) is 13.0 Å². The fraction of sp³-hybridized carbons (Fsp3) is 0.562. The smallest absolute Gasteiger partial charge is 0.173 e. The van der Waals surface area contributed by atoms with Crippen molar-refractivity contribution in [3.63, 3.8) is 0 Å². The zero-order valence-electron chi connectivity index (χ0n) is 13.3. The summed E-state index contributed by atoms with van der Waals surface area (Å²) in [6.07, 6.45) is 0. The number of hydrogen-bond donors (Lipinski definition) is 2. The van der Waals surface area contributed by atoms with Crippen molar-refractivity contribution in [1.29, 1.82) is 0 Å². The zero-order valence-corrected chi connectivity index (χ0v) is 13.3. The Morgan fingerprint density at radius 2 is 2.05 bits per heavy atom. The second-order valence-electron chi connectivity index (χ2n) is 6.69. The molecule has 0 aromatic heterocycles. The van der Waals surface area contributed by atoms with Gasteiger partial charge in [-0.2, -0.15) is 4.89 Å². The van der Waals surface area contributed by atoms with Gasteiger partial charge in [-0.1, -0.05) is 20.8 Å². The van der Waals surface area contributed by atoms with Crippen LogP contribution >= 0.6 is 0 Å². The fourth-order valence-electron chi connectivity index (χ4n) is 2.37. The largest absolute Gasteiger partial charge is 0.337 e. The molecule has 0 radical (unpaired) electrons. The zero-order chi connectivity index (χ0) is 15.8. The molecule has 2 aliphatic rings. The minimum absolute atomic E-state index is 0.117. The van der Waals surface area contributed by atoms with E-state index in [2.05, 4.69) is 33.1 Å². The minimum atomic E-state index is -0.117. The number of rotatable bonds is 1. The van der Waals surface area contributed by atoms with Gasteiger partial charge in [-0.15, -0.1) is 0 Å². The molecule has 1 aromatic rings. The second kappa shape index (κ2) is 5.75. The Hall–Kier alpha value is -1.43. The average molecular weight is 292 g/mol. The molecule has 116 valence electrons. The van der Waals surface area contributed by atoms with Crippen LogP contribution in [-0.2, 0) is 4.89 Å². The molecule has 3 N–H and O–H groups in total. The van der Waals surface area contributed by atoms with Gasteiger partial charge in [0.25, 0.3) is 0 Å². The van der Waals surface area contributed by atoms with Crippen LogP contribution in [0, 0.1) is 12.3 Å². The number of nitrogens with one attached hydrogen (secondary N) is 1. The van der Waals surface area contributed by atoms with Crippen LogP contribution in [0.15, 0.2) is 12.1 Å². The van der Waals surface area contributed by atoms with Crippen LogP contribution in [0.3, 0.4) is 0 Å². The lowest BCUT2D eigenvalue weighted by Gasteiger charge is -2.25. The van der Waals surface area contributed by atoms with Crippen LogP contribution in [-0.4, -0.2) is 18.4 Å². The lowest BCUT2D eigenvalue weighted by Crippen LogP contribution is -2.41. The van der Waals surface area contributed by atoms with E-state index in [1.165, 1.54) is 0 Å². The predicted molar refractivity (Wildman–Crippen MR) is 81.1 cm³/mol. The summed E-state index contributed by atoms with van der Waals surface area (Å²) in [7, 11) is 0. The summed E-state index contributed by atoms with van der Waals surface area (Å²) in [5.74, 6) is 5.96. The van der Waals surface area contributed by atoms with Gasteiger partial charge in [0, 0.05) is 17.2 Å². The third-order valence-electron chi connectivity index (χ3n) is 4.34. The summed E-state index contributed by atoms with van der Waals surface area (Å²) in [5, 5.41) is 0. The first-order chi connectivity index (χ1) is 9.77. The number of Topliss-reactive ketones (excluding diaryl/α,β-unsaturated/α-hetero) is 1. The van der Waals surface area contributed by atoms with Crippen LogP contribution in [0.4, 0.5) is 0 Å². The van der Waals surface area contributed by atoms with E-state index < -0.39 is 0 Å². The Balaban J connectivity index is 0.000000177. The normalized spacial score (nSPS) is 20.5. The van der Waals surface area contributed by atoms with Gasteiger partial charge in [0.05, 0.1) is 5.92 Å². The molecule has 0 saturated heterocycles. The Morgan fingerprint density at radius 3 is 2.57 bits per heavy atom. The number of fused-ring (bicyclic) bond motifs is 1. The van der Waals surface area contributed by atoms with Gasteiger partial charge >= 0.3 is 0 Å². The van der Waals surface area contributed by atoms with Crippen LogP contribution in [0.1, 0.15) is 55.1 Å². The number of carbonyl (C=O) groups is 1. The summed E-state index contributed by atoms with van der Waals surface area (Å²) in [6.45, 7) is 10.8. The third kappa shape index (κ3) is 2.95. The number of hydrazine groups is 1. The van der Waals surface area contributed by atoms with Crippen molar-refractivity contribution in [3.05, 3.63) is 28.8 Å². The first-order valence-electron chi connectivity index (χ1n) is 7.20.